The van der Waals surface area contributed by atoms with Gasteiger partial charge in [0.15, 0.2) is 0 Å². The molecule has 0 aliphatic carbocycles. The summed E-state index contributed by atoms with van der Waals surface area (Å²) in [5.74, 6) is -0.177. The van der Waals surface area contributed by atoms with Gasteiger partial charge in [-0.1, -0.05) is 12.0 Å². The van der Waals surface area contributed by atoms with Crippen molar-refractivity contribution in [2.24, 2.45) is 0 Å². The zero-order valence-electron chi connectivity index (χ0n) is 12.2. The molecule has 2 amide bonds. The maximum atomic E-state index is 12.0. The first-order valence-corrected chi connectivity index (χ1v) is 6.65. The number of anilines is 2. The number of carbonyl (C=O) groups excluding carboxylic acids is 1. The molecule has 2 aromatic rings. The van der Waals surface area contributed by atoms with Gasteiger partial charge in [-0.15, -0.1) is 6.42 Å². The normalized spacial score (nSPS) is 9.62. The van der Waals surface area contributed by atoms with Crippen molar-refractivity contribution in [1.82, 2.24) is 0 Å². The highest BCUT2D eigenvalue weighted by Crippen LogP contribution is 2.17. The van der Waals surface area contributed by atoms with Crippen molar-refractivity contribution in [3.05, 3.63) is 59.2 Å². The van der Waals surface area contributed by atoms with E-state index in [4.69, 9.17) is 16.6 Å². The van der Waals surface area contributed by atoms with Gasteiger partial charge in [-0.3, -0.25) is 0 Å². The molecule has 0 heterocycles. The van der Waals surface area contributed by atoms with Gasteiger partial charge in [-0.25, -0.2) is 14.4 Å². The predicted octanol–water partition coefficient (Wildman–Crippen LogP) is 2.71. The van der Waals surface area contributed by atoms with Crippen molar-refractivity contribution < 1.29 is 24.6 Å². The first-order valence-electron chi connectivity index (χ1n) is 6.65. The Kier molecular flexibility index (Phi) is 4.82. The molecule has 0 aromatic heterocycles. The molecule has 2 rings (SSSR count). The lowest BCUT2D eigenvalue weighted by Gasteiger charge is -2.09. The zero-order chi connectivity index (χ0) is 17.7. The van der Waals surface area contributed by atoms with E-state index >= 15 is 0 Å². The SMILES string of the molecule is C#Cc1cccc(NC(=O)Nc2cc(C(=O)O)cc(C(=O)O)c2)c1. The minimum absolute atomic E-state index is 0.0397. The maximum Gasteiger partial charge on any atom is 0.335 e. The van der Waals surface area contributed by atoms with Crippen molar-refractivity contribution in [2.45, 2.75) is 0 Å². The number of terminal acetylenes is 1. The Morgan fingerprint density at radius 1 is 0.875 bits per heavy atom. The maximum absolute atomic E-state index is 12.0. The van der Waals surface area contributed by atoms with Crippen LogP contribution in [0.4, 0.5) is 16.2 Å². The summed E-state index contributed by atoms with van der Waals surface area (Å²) >= 11 is 0. The van der Waals surface area contributed by atoms with Crippen LogP contribution in [-0.2, 0) is 0 Å². The fourth-order valence-electron chi connectivity index (χ4n) is 1.93. The molecule has 0 atom stereocenters. The lowest BCUT2D eigenvalue weighted by Crippen LogP contribution is -2.20. The molecule has 0 bridgehead atoms. The van der Waals surface area contributed by atoms with Gasteiger partial charge in [0.25, 0.3) is 0 Å². The zero-order valence-corrected chi connectivity index (χ0v) is 12.2. The van der Waals surface area contributed by atoms with Gasteiger partial charge in [0.1, 0.15) is 0 Å². The Balaban J connectivity index is 2.20. The average molecular weight is 324 g/mol. The van der Waals surface area contributed by atoms with Crippen molar-refractivity contribution in [3.8, 4) is 12.3 Å². The fraction of sp³-hybridized carbons (Fsp3) is 0. The van der Waals surface area contributed by atoms with Crippen LogP contribution in [0.2, 0.25) is 0 Å². The summed E-state index contributed by atoms with van der Waals surface area (Å²) < 4.78 is 0. The molecule has 0 radical (unpaired) electrons. The second-order valence-corrected chi connectivity index (χ2v) is 4.71. The van der Waals surface area contributed by atoms with E-state index in [0.29, 0.717) is 11.3 Å². The number of hydrogen-bond acceptors (Lipinski definition) is 3. The Bertz CT molecular complexity index is 835. The van der Waals surface area contributed by atoms with Crippen LogP contribution in [0.1, 0.15) is 26.3 Å². The molecule has 2 aromatic carbocycles. The van der Waals surface area contributed by atoms with Crippen LogP contribution in [-0.4, -0.2) is 28.2 Å². The van der Waals surface area contributed by atoms with Crippen molar-refractivity contribution in [1.29, 1.82) is 0 Å². The number of amides is 2. The van der Waals surface area contributed by atoms with Crippen LogP contribution in [0.25, 0.3) is 0 Å². The molecular formula is C17H12N2O5. The number of carboxylic acids is 2. The van der Waals surface area contributed by atoms with Crippen LogP contribution in [0.5, 0.6) is 0 Å². The van der Waals surface area contributed by atoms with Crippen LogP contribution in [0, 0.1) is 12.3 Å². The van der Waals surface area contributed by atoms with E-state index in [1.165, 1.54) is 0 Å². The topological polar surface area (TPSA) is 116 Å². The molecule has 0 saturated carbocycles. The number of nitrogens with one attached hydrogen (secondary N) is 2. The number of aromatic carboxylic acids is 2. The monoisotopic (exact) mass is 324 g/mol. The Labute approximate surface area is 136 Å². The molecular weight excluding hydrogens is 312 g/mol. The highest BCUT2D eigenvalue weighted by Gasteiger charge is 2.13. The Morgan fingerprint density at radius 3 is 2.00 bits per heavy atom. The smallest absolute Gasteiger partial charge is 0.335 e. The Morgan fingerprint density at radius 2 is 1.46 bits per heavy atom. The minimum Gasteiger partial charge on any atom is -0.478 e. The third-order valence-corrected chi connectivity index (χ3v) is 2.97. The second kappa shape index (κ2) is 6.98. The average Bonchev–Trinajstić information content (AvgIpc) is 2.54. The van der Waals surface area contributed by atoms with Crippen molar-refractivity contribution in [2.75, 3.05) is 10.6 Å². The summed E-state index contributed by atoms with van der Waals surface area (Å²) in [7, 11) is 0. The first-order chi connectivity index (χ1) is 11.4. The van der Waals surface area contributed by atoms with Gasteiger partial charge in [-0.05, 0) is 36.4 Å². The van der Waals surface area contributed by atoms with Crippen LogP contribution < -0.4 is 10.6 Å². The summed E-state index contributed by atoms with van der Waals surface area (Å²) in [4.78, 5) is 34.0. The summed E-state index contributed by atoms with van der Waals surface area (Å²) in [6.07, 6.45) is 5.27. The molecule has 4 N–H and O–H groups in total. The summed E-state index contributed by atoms with van der Waals surface area (Å²) in [5.41, 5.74) is 0.557. The third-order valence-electron chi connectivity index (χ3n) is 2.97. The molecule has 7 nitrogen and oxygen atoms in total. The highest BCUT2D eigenvalue weighted by molar-refractivity contribution is 6.02. The van der Waals surface area contributed by atoms with Gasteiger partial charge >= 0.3 is 18.0 Å². The van der Waals surface area contributed by atoms with Crippen LogP contribution in [0.3, 0.4) is 0 Å². The molecule has 24 heavy (non-hydrogen) atoms. The quantitative estimate of drug-likeness (QED) is 0.645. The van der Waals surface area contributed by atoms with Gasteiger partial charge < -0.3 is 20.8 Å². The van der Waals surface area contributed by atoms with E-state index in [2.05, 4.69) is 16.6 Å². The van der Waals surface area contributed by atoms with E-state index < -0.39 is 18.0 Å². The van der Waals surface area contributed by atoms with Crippen molar-refractivity contribution in [3.63, 3.8) is 0 Å². The number of rotatable bonds is 4. The van der Waals surface area contributed by atoms with E-state index in [1.807, 2.05) is 0 Å². The number of carbonyl (C=O) groups is 3. The van der Waals surface area contributed by atoms with E-state index in [9.17, 15) is 14.4 Å². The lowest BCUT2D eigenvalue weighted by atomic mass is 10.1. The second-order valence-electron chi connectivity index (χ2n) is 4.71. The fourth-order valence-corrected chi connectivity index (χ4v) is 1.93. The largest absolute Gasteiger partial charge is 0.478 e. The minimum atomic E-state index is -1.30. The molecule has 7 heteroatoms. The van der Waals surface area contributed by atoms with E-state index in [0.717, 1.165) is 18.2 Å². The van der Waals surface area contributed by atoms with Crippen molar-refractivity contribution >= 4 is 29.3 Å². The number of benzene rings is 2. The van der Waals surface area contributed by atoms with Crippen LogP contribution in [0.15, 0.2) is 42.5 Å². The molecule has 0 fully saturated rings. The molecule has 0 spiro atoms. The van der Waals surface area contributed by atoms with Crippen LogP contribution >= 0.6 is 0 Å². The standard InChI is InChI=1S/C17H12N2O5/c1-2-10-4-3-5-13(6-10)18-17(24)19-14-8-11(15(20)21)7-12(9-14)16(22)23/h1,3-9H,(H,20,21)(H,22,23)(H2,18,19,24). The van der Waals surface area contributed by atoms with Gasteiger partial charge in [0.2, 0.25) is 0 Å². The molecule has 0 aliphatic rings. The number of urea groups is 1. The number of carboxylic acid groups (broad SMARTS) is 2. The van der Waals surface area contributed by atoms with E-state index in [1.54, 1.807) is 24.3 Å². The lowest BCUT2D eigenvalue weighted by molar-refractivity contribution is 0.0696. The Hall–Kier alpha value is -3.79. The molecule has 120 valence electrons. The molecule has 0 unspecified atom stereocenters. The molecule has 0 aliphatic heterocycles. The van der Waals surface area contributed by atoms with Gasteiger partial charge in [0, 0.05) is 16.9 Å². The first kappa shape index (κ1) is 16.6. The predicted molar refractivity (Wildman–Crippen MR) is 87.4 cm³/mol. The van der Waals surface area contributed by atoms with Gasteiger partial charge in [-0.2, -0.15) is 0 Å². The summed E-state index contributed by atoms with van der Waals surface area (Å²) in [6.45, 7) is 0. The highest BCUT2D eigenvalue weighted by atomic mass is 16.4. The summed E-state index contributed by atoms with van der Waals surface area (Å²) in [5, 5.41) is 22.9. The molecule has 0 saturated heterocycles. The number of hydrogen-bond donors (Lipinski definition) is 4. The third kappa shape index (κ3) is 4.11. The van der Waals surface area contributed by atoms with Gasteiger partial charge in [0.05, 0.1) is 11.1 Å². The van der Waals surface area contributed by atoms with E-state index in [-0.39, 0.29) is 16.8 Å². The summed E-state index contributed by atoms with van der Waals surface area (Å²) in [6, 6.07) is 9.22.